The molecule has 1 nitrogen and oxygen atoms in total. The quantitative estimate of drug-likeness (QED) is 0.164. The molecule has 0 aliphatic carbocycles. The standard InChI is InChI=1S/C52H33NS2/c1-2-17-39-34(13-1)14-10-21-40(39)35-29-31-37(32-30-35)53(38-16-9-15-36(33-38)41-22-11-27-49-51(41)44-19-4-7-25-47(44)54-49)46-24-6-3-18-42(46)43-23-12-28-50-52(43)45-20-5-8-26-48(45)55-50/h1-33H. The highest BCUT2D eigenvalue weighted by molar-refractivity contribution is 7.26. The lowest BCUT2D eigenvalue weighted by molar-refractivity contribution is 1.28. The average molecular weight is 736 g/mol. The van der Waals surface area contributed by atoms with Gasteiger partial charge in [-0.2, -0.15) is 0 Å². The van der Waals surface area contributed by atoms with Crippen molar-refractivity contribution in [1.82, 2.24) is 0 Å². The summed E-state index contributed by atoms with van der Waals surface area (Å²) in [5.41, 5.74) is 10.7. The number of hydrogen-bond donors (Lipinski definition) is 0. The van der Waals surface area contributed by atoms with Gasteiger partial charge in [-0.25, -0.2) is 0 Å². The molecule has 9 aromatic carbocycles. The maximum absolute atomic E-state index is 2.45. The van der Waals surface area contributed by atoms with Crippen LogP contribution in [0.1, 0.15) is 0 Å². The highest BCUT2D eigenvalue weighted by Gasteiger charge is 2.21. The highest BCUT2D eigenvalue weighted by Crippen LogP contribution is 2.47. The first-order chi connectivity index (χ1) is 27.3. The van der Waals surface area contributed by atoms with Gasteiger partial charge >= 0.3 is 0 Å². The summed E-state index contributed by atoms with van der Waals surface area (Å²) in [7, 11) is 0. The molecule has 2 heterocycles. The summed E-state index contributed by atoms with van der Waals surface area (Å²) in [6, 6.07) is 73.4. The van der Waals surface area contributed by atoms with Gasteiger partial charge in [0.15, 0.2) is 0 Å². The van der Waals surface area contributed by atoms with Gasteiger partial charge in [-0.05, 0) is 93.2 Å². The van der Waals surface area contributed by atoms with Crippen molar-refractivity contribution in [3.05, 3.63) is 200 Å². The van der Waals surface area contributed by atoms with Gasteiger partial charge < -0.3 is 4.90 Å². The van der Waals surface area contributed by atoms with Gasteiger partial charge in [0.25, 0.3) is 0 Å². The minimum atomic E-state index is 1.11. The number of thiophene rings is 2. The van der Waals surface area contributed by atoms with Crippen molar-refractivity contribution in [2.75, 3.05) is 4.90 Å². The molecule has 0 fully saturated rings. The molecule has 0 radical (unpaired) electrons. The van der Waals surface area contributed by atoms with Crippen LogP contribution in [0.15, 0.2) is 200 Å². The normalized spacial score (nSPS) is 11.6. The summed E-state index contributed by atoms with van der Waals surface area (Å²) >= 11 is 3.73. The molecule has 0 amide bonds. The van der Waals surface area contributed by atoms with E-state index >= 15 is 0 Å². The first-order valence-corrected chi connectivity index (χ1v) is 20.3. The van der Waals surface area contributed by atoms with Crippen molar-refractivity contribution in [2.45, 2.75) is 0 Å². The van der Waals surface area contributed by atoms with Crippen LogP contribution in [-0.2, 0) is 0 Å². The molecule has 55 heavy (non-hydrogen) atoms. The van der Waals surface area contributed by atoms with Gasteiger partial charge in [0.05, 0.1) is 5.69 Å². The van der Waals surface area contributed by atoms with Gasteiger partial charge in [0.1, 0.15) is 0 Å². The van der Waals surface area contributed by atoms with Gasteiger partial charge in [0.2, 0.25) is 0 Å². The largest absolute Gasteiger partial charge is 0.310 e. The number of nitrogens with zero attached hydrogens (tertiary/aromatic N) is 1. The Bertz CT molecular complexity index is 3220. The first-order valence-electron chi connectivity index (χ1n) is 18.7. The van der Waals surface area contributed by atoms with Crippen LogP contribution in [0.5, 0.6) is 0 Å². The van der Waals surface area contributed by atoms with Crippen molar-refractivity contribution in [3.8, 4) is 33.4 Å². The van der Waals surface area contributed by atoms with E-state index in [1.165, 1.54) is 84.5 Å². The van der Waals surface area contributed by atoms with Crippen LogP contribution >= 0.6 is 22.7 Å². The van der Waals surface area contributed by atoms with Crippen LogP contribution in [0.2, 0.25) is 0 Å². The zero-order valence-electron chi connectivity index (χ0n) is 29.8. The zero-order valence-corrected chi connectivity index (χ0v) is 31.4. The summed E-state index contributed by atoms with van der Waals surface area (Å²) in [6.07, 6.45) is 0. The molecular formula is C52H33NS2. The third-order valence-electron chi connectivity index (χ3n) is 10.9. The average Bonchev–Trinajstić information content (AvgIpc) is 3.83. The zero-order chi connectivity index (χ0) is 36.3. The predicted octanol–water partition coefficient (Wildman–Crippen LogP) is 16.0. The third kappa shape index (κ3) is 5.35. The summed E-state index contributed by atoms with van der Waals surface area (Å²) in [5, 5.41) is 7.76. The minimum Gasteiger partial charge on any atom is -0.310 e. The van der Waals surface area contributed by atoms with Crippen molar-refractivity contribution < 1.29 is 0 Å². The Labute approximate surface area is 327 Å². The van der Waals surface area contributed by atoms with E-state index in [4.69, 9.17) is 0 Å². The number of rotatable bonds is 6. The molecule has 0 unspecified atom stereocenters. The second-order valence-corrected chi connectivity index (χ2v) is 16.2. The second-order valence-electron chi connectivity index (χ2n) is 14.0. The molecule has 11 rings (SSSR count). The maximum atomic E-state index is 2.45. The van der Waals surface area contributed by atoms with Gasteiger partial charge in [-0.1, -0.05) is 146 Å². The summed E-state index contributed by atoms with van der Waals surface area (Å²) < 4.78 is 5.24. The lowest BCUT2D eigenvalue weighted by atomic mass is 9.95. The van der Waals surface area contributed by atoms with Crippen molar-refractivity contribution in [1.29, 1.82) is 0 Å². The Balaban J connectivity index is 1.13. The lowest BCUT2D eigenvalue weighted by Crippen LogP contribution is -2.11. The minimum absolute atomic E-state index is 1.11. The maximum Gasteiger partial charge on any atom is 0.0540 e. The Hall–Kier alpha value is -6.52. The Morgan fingerprint density at radius 1 is 0.309 bits per heavy atom. The number of hydrogen-bond acceptors (Lipinski definition) is 3. The predicted molar refractivity (Wildman–Crippen MR) is 241 cm³/mol. The van der Waals surface area contributed by atoms with E-state index in [-0.39, 0.29) is 0 Å². The van der Waals surface area contributed by atoms with Crippen molar-refractivity contribution in [3.63, 3.8) is 0 Å². The molecule has 0 aliphatic heterocycles. The molecule has 0 saturated heterocycles. The number of para-hydroxylation sites is 1. The molecule has 0 saturated carbocycles. The van der Waals surface area contributed by atoms with Crippen LogP contribution in [-0.4, -0.2) is 0 Å². The molecule has 2 aromatic heterocycles. The fourth-order valence-corrected chi connectivity index (χ4v) is 10.7. The molecule has 3 heteroatoms. The van der Waals surface area contributed by atoms with Gasteiger partial charge in [-0.3, -0.25) is 0 Å². The Kier molecular flexibility index (Phi) is 7.61. The molecule has 0 atom stereocenters. The molecule has 0 N–H and O–H groups in total. The van der Waals surface area contributed by atoms with E-state index in [1.807, 2.05) is 22.7 Å². The van der Waals surface area contributed by atoms with E-state index in [0.29, 0.717) is 0 Å². The smallest absolute Gasteiger partial charge is 0.0540 e. The first kappa shape index (κ1) is 32.0. The highest BCUT2D eigenvalue weighted by atomic mass is 32.1. The Morgan fingerprint density at radius 3 is 1.60 bits per heavy atom. The van der Waals surface area contributed by atoms with Crippen LogP contribution in [0.4, 0.5) is 17.1 Å². The molecule has 0 bridgehead atoms. The number of fused-ring (bicyclic) bond motifs is 7. The van der Waals surface area contributed by atoms with E-state index in [0.717, 1.165) is 17.1 Å². The molecule has 0 spiro atoms. The molecule has 258 valence electrons. The fraction of sp³-hybridized carbons (Fsp3) is 0. The SMILES string of the molecule is c1cc(-c2cccc3sc4ccccc4c23)cc(N(c2ccc(-c3cccc4ccccc34)cc2)c2ccccc2-c2cccc3sc4ccccc4c23)c1. The van der Waals surface area contributed by atoms with Gasteiger partial charge in [0, 0.05) is 57.3 Å². The fourth-order valence-electron chi connectivity index (χ4n) is 8.42. The monoisotopic (exact) mass is 735 g/mol. The van der Waals surface area contributed by atoms with Crippen molar-refractivity contribution >= 4 is 90.9 Å². The van der Waals surface area contributed by atoms with Crippen LogP contribution < -0.4 is 4.90 Å². The van der Waals surface area contributed by atoms with Crippen LogP contribution in [0.3, 0.4) is 0 Å². The van der Waals surface area contributed by atoms with Gasteiger partial charge in [-0.15, -0.1) is 22.7 Å². The summed E-state index contributed by atoms with van der Waals surface area (Å²) in [5.74, 6) is 0. The molecular weight excluding hydrogens is 703 g/mol. The van der Waals surface area contributed by atoms with E-state index < -0.39 is 0 Å². The third-order valence-corrected chi connectivity index (χ3v) is 13.2. The Morgan fingerprint density at radius 2 is 0.836 bits per heavy atom. The molecule has 11 aromatic rings. The second kappa shape index (κ2) is 13.1. The molecule has 0 aliphatic rings. The van der Waals surface area contributed by atoms with Crippen LogP contribution in [0, 0.1) is 0 Å². The number of benzene rings is 9. The van der Waals surface area contributed by atoms with E-state index in [2.05, 4.69) is 205 Å². The number of anilines is 3. The topological polar surface area (TPSA) is 3.24 Å². The van der Waals surface area contributed by atoms with E-state index in [9.17, 15) is 0 Å². The summed E-state index contributed by atoms with van der Waals surface area (Å²) in [6.45, 7) is 0. The van der Waals surface area contributed by atoms with E-state index in [1.54, 1.807) is 0 Å². The van der Waals surface area contributed by atoms with Crippen molar-refractivity contribution in [2.24, 2.45) is 0 Å². The summed E-state index contributed by atoms with van der Waals surface area (Å²) in [4.78, 5) is 2.45. The van der Waals surface area contributed by atoms with Crippen LogP contribution in [0.25, 0.3) is 84.5 Å². The lowest BCUT2D eigenvalue weighted by Gasteiger charge is -2.29.